The van der Waals surface area contributed by atoms with Crippen LogP contribution in [0.3, 0.4) is 0 Å². The molecule has 1 aliphatic carbocycles. The first-order valence-corrected chi connectivity index (χ1v) is 9.41. The second-order valence-electron chi connectivity index (χ2n) is 7.69. The van der Waals surface area contributed by atoms with Crippen molar-refractivity contribution in [2.45, 2.75) is 51.1 Å². The topological polar surface area (TPSA) is 53.2 Å². The van der Waals surface area contributed by atoms with Crippen molar-refractivity contribution in [3.63, 3.8) is 0 Å². The zero-order valence-electron chi connectivity index (χ0n) is 15.0. The first kappa shape index (κ1) is 17.4. The summed E-state index contributed by atoms with van der Waals surface area (Å²) in [5.74, 6) is 0.818. The molecule has 0 spiro atoms. The number of carbonyl (C=O) groups is 1. The van der Waals surface area contributed by atoms with E-state index in [4.69, 9.17) is 0 Å². The molecule has 2 aliphatic rings. The third kappa shape index (κ3) is 3.98. The second kappa shape index (κ2) is 7.66. The molecule has 1 saturated carbocycles. The number of hydrogen-bond donors (Lipinski definition) is 3. The predicted molar refractivity (Wildman–Crippen MR) is 97.7 cm³/mol. The van der Waals surface area contributed by atoms with E-state index in [-0.39, 0.29) is 17.4 Å². The summed E-state index contributed by atoms with van der Waals surface area (Å²) in [6.07, 6.45) is 4.77. The Balaban J connectivity index is 1.58. The molecule has 1 saturated heterocycles. The highest BCUT2D eigenvalue weighted by molar-refractivity contribution is 5.78. The summed E-state index contributed by atoms with van der Waals surface area (Å²) in [5, 5.41) is 10.3. The summed E-state index contributed by atoms with van der Waals surface area (Å²) in [7, 11) is 0. The SMILES string of the molecule is CC(NC1(CNC(=O)C(C)C2CNC2)CCCC1)c1ccccc1. The minimum atomic E-state index is 0.0441. The highest BCUT2D eigenvalue weighted by Gasteiger charge is 2.36. The number of hydrogen-bond acceptors (Lipinski definition) is 3. The van der Waals surface area contributed by atoms with Crippen molar-refractivity contribution in [1.29, 1.82) is 0 Å². The average Bonchev–Trinajstić information content (AvgIpc) is 3.00. The molecule has 0 aromatic heterocycles. The predicted octanol–water partition coefficient (Wildman–Crippen LogP) is 2.62. The van der Waals surface area contributed by atoms with E-state index in [9.17, 15) is 4.79 Å². The Bertz CT molecular complexity index is 535. The van der Waals surface area contributed by atoms with Crippen molar-refractivity contribution in [2.75, 3.05) is 19.6 Å². The molecule has 2 atom stereocenters. The summed E-state index contributed by atoms with van der Waals surface area (Å²) in [4.78, 5) is 12.5. The first-order valence-electron chi connectivity index (χ1n) is 9.41. The molecule has 1 heterocycles. The normalized spacial score (nSPS) is 22.6. The van der Waals surface area contributed by atoms with Crippen LogP contribution in [0.2, 0.25) is 0 Å². The summed E-state index contributed by atoms with van der Waals surface area (Å²) in [5.41, 5.74) is 1.35. The standard InChI is InChI=1S/C20H31N3O/c1-15(18-12-21-13-18)19(24)22-14-20(10-6-7-11-20)23-16(2)17-8-4-3-5-9-17/h3-5,8-9,15-16,18,21,23H,6-7,10-14H2,1-2H3,(H,22,24). The second-order valence-corrected chi connectivity index (χ2v) is 7.69. The lowest BCUT2D eigenvalue weighted by molar-refractivity contribution is -0.127. The minimum absolute atomic E-state index is 0.0441. The lowest BCUT2D eigenvalue weighted by atomic mass is 9.88. The van der Waals surface area contributed by atoms with Crippen molar-refractivity contribution in [3.05, 3.63) is 35.9 Å². The number of rotatable bonds is 7. The minimum Gasteiger partial charge on any atom is -0.354 e. The van der Waals surface area contributed by atoms with E-state index in [2.05, 4.69) is 60.1 Å². The van der Waals surface area contributed by atoms with E-state index < -0.39 is 0 Å². The van der Waals surface area contributed by atoms with Gasteiger partial charge in [-0.3, -0.25) is 4.79 Å². The smallest absolute Gasteiger partial charge is 0.223 e. The van der Waals surface area contributed by atoms with E-state index in [0.29, 0.717) is 12.0 Å². The van der Waals surface area contributed by atoms with Gasteiger partial charge in [-0.05, 0) is 44.3 Å². The van der Waals surface area contributed by atoms with Crippen LogP contribution in [0, 0.1) is 11.8 Å². The fraction of sp³-hybridized carbons (Fsp3) is 0.650. The quantitative estimate of drug-likeness (QED) is 0.721. The molecule has 0 radical (unpaired) electrons. The van der Waals surface area contributed by atoms with Crippen LogP contribution in [0.15, 0.2) is 30.3 Å². The van der Waals surface area contributed by atoms with Crippen LogP contribution < -0.4 is 16.0 Å². The Morgan fingerprint density at radius 3 is 2.46 bits per heavy atom. The van der Waals surface area contributed by atoms with E-state index in [1.165, 1.54) is 18.4 Å². The Morgan fingerprint density at radius 2 is 1.88 bits per heavy atom. The molecule has 1 aromatic rings. The van der Waals surface area contributed by atoms with Gasteiger partial charge in [0.1, 0.15) is 0 Å². The van der Waals surface area contributed by atoms with Gasteiger partial charge in [0.05, 0.1) is 0 Å². The van der Waals surface area contributed by atoms with Crippen molar-refractivity contribution < 1.29 is 4.79 Å². The zero-order chi connectivity index (χ0) is 17.0. The van der Waals surface area contributed by atoms with Gasteiger partial charge in [0.2, 0.25) is 5.91 Å². The first-order chi connectivity index (χ1) is 11.6. The van der Waals surface area contributed by atoms with E-state index in [1.807, 2.05) is 0 Å². The van der Waals surface area contributed by atoms with Gasteiger partial charge in [0, 0.05) is 24.0 Å². The van der Waals surface area contributed by atoms with Gasteiger partial charge in [-0.1, -0.05) is 50.1 Å². The number of nitrogens with one attached hydrogen (secondary N) is 3. The van der Waals surface area contributed by atoms with Crippen LogP contribution in [0.5, 0.6) is 0 Å². The Kier molecular flexibility index (Phi) is 5.57. The number of benzene rings is 1. The van der Waals surface area contributed by atoms with Crippen LogP contribution in [0.4, 0.5) is 0 Å². The molecule has 2 unspecified atom stereocenters. The van der Waals surface area contributed by atoms with Gasteiger partial charge in [-0.25, -0.2) is 0 Å². The van der Waals surface area contributed by atoms with Gasteiger partial charge in [-0.15, -0.1) is 0 Å². The molecule has 2 fully saturated rings. The van der Waals surface area contributed by atoms with Crippen LogP contribution in [0.1, 0.15) is 51.1 Å². The fourth-order valence-corrected chi connectivity index (χ4v) is 4.00. The highest BCUT2D eigenvalue weighted by Crippen LogP contribution is 2.32. The molecule has 24 heavy (non-hydrogen) atoms. The number of carbonyl (C=O) groups excluding carboxylic acids is 1. The van der Waals surface area contributed by atoms with Gasteiger partial charge in [0.25, 0.3) is 0 Å². The van der Waals surface area contributed by atoms with Gasteiger partial charge >= 0.3 is 0 Å². The van der Waals surface area contributed by atoms with Crippen molar-refractivity contribution in [3.8, 4) is 0 Å². The monoisotopic (exact) mass is 329 g/mol. The summed E-state index contributed by atoms with van der Waals surface area (Å²) in [6.45, 7) is 6.97. The molecular formula is C20H31N3O. The molecule has 3 N–H and O–H groups in total. The van der Waals surface area contributed by atoms with Crippen LogP contribution in [-0.4, -0.2) is 31.1 Å². The molecule has 132 valence electrons. The van der Waals surface area contributed by atoms with E-state index in [0.717, 1.165) is 32.5 Å². The molecule has 4 nitrogen and oxygen atoms in total. The fourth-order valence-electron chi connectivity index (χ4n) is 4.00. The Morgan fingerprint density at radius 1 is 1.21 bits per heavy atom. The maximum Gasteiger partial charge on any atom is 0.223 e. The molecule has 0 bridgehead atoms. The van der Waals surface area contributed by atoms with Crippen LogP contribution in [-0.2, 0) is 4.79 Å². The Labute approximate surface area is 145 Å². The molecule has 1 aromatic carbocycles. The largest absolute Gasteiger partial charge is 0.354 e. The van der Waals surface area contributed by atoms with Gasteiger partial charge in [-0.2, -0.15) is 0 Å². The maximum absolute atomic E-state index is 12.5. The van der Waals surface area contributed by atoms with Crippen LogP contribution in [0.25, 0.3) is 0 Å². The molecule has 1 amide bonds. The molecule has 4 heteroatoms. The van der Waals surface area contributed by atoms with Crippen molar-refractivity contribution in [1.82, 2.24) is 16.0 Å². The third-order valence-electron chi connectivity index (χ3n) is 5.92. The van der Waals surface area contributed by atoms with Crippen molar-refractivity contribution >= 4 is 5.91 Å². The lowest BCUT2D eigenvalue weighted by Crippen LogP contribution is -2.55. The van der Waals surface area contributed by atoms with E-state index in [1.54, 1.807) is 0 Å². The lowest BCUT2D eigenvalue weighted by Gasteiger charge is -2.36. The van der Waals surface area contributed by atoms with Crippen LogP contribution >= 0.6 is 0 Å². The van der Waals surface area contributed by atoms with Crippen molar-refractivity contribution in [2.24, 2.45) is 11.8 Å². The van der Waals surface area contributed by atoms with E-state index >= 15 is 0 Å². The summed E-state index contributed by atoms with van der Waals surface area (Å²) >= 11 is 0. The third-order valence-corrected chi connectivity index (χ3v) is 5.92. The zero-order valence-corrected chi connectivity index (χ0v) is 15.0. The molecule has 3 rings (SSSR count). The molecular weight excluding hydrogens is 298 g/mol. The highest BCUT2D eigenvalue weighted by atomic mass is 16.1. The molecule has 1 aliphatic heterocycles. The maximum atomic E-state index is 12.5. The van der Waals surface area contributed by atoms with Gasteiger partial charge in [0.15, 0.2) is 0 Å². The average molecular weight is 329 g/mol. The number of amides is 1. The Hall–Kier alpha value is -1.39. The van der Waals surface area contributed by atoms with Gasteiger partial charge < -0.3 is 16.0 Å². The summed E-state index contributed by atoms with van der Waals surface area (Å²) < 4.78 is 0. The summed E-state index contributed by atoms with van der Waals surface area (Å²) in [6, 6.07) is 10.9.